The Hall–Kier alpha value is -0.160. The lowest BCUT2D eigenvalue weighted by Crippen LogP contribution is -2.65. The van der Waals surface area contributed by atoms with Crippen LogP contribution >= 0.6 is 0 Å². The molecule has 10 atom stereocenters. The average Bonchev–Trinajstić information content (AvgIpc) is 3.66. The maximum Gasteiger partial charge on any atom is 0.0625 e. The normalized spacial score (nSPS) is 46.0. The van der Waals surface area contributed by atoms with Gasteiger partial charge in [0.05, 0.1) is 12.3 Å². The molecule has 0 aromatic heterocycles. The van der Waals surface area contributed by atoms with Crippen LogP contribution < -0.4 is 0 Å². The zero-order valence-electron chi connectivity index (χ0n) is 27.7. The van der Waals surface area contributed by atoms with Crippen LogP contribution in [0.25, 0.3) is 0 Å². The predicted molar refractivity (Wildman–Crippen MR) is 174 cm³/mol. The Labute approximate surface area is 259 Å². The molecule has 42 heavy (non-hydrogen) atoms. The molecule has 0 bridgehead atoms. The summed E-state index contributed by atoms with van der Waals surface area (Å²) in [6.07, 6.45) is 34.6. The number of likely N-dealkylation sites (tertiary alicyclic amines) is 2. The Bertz CT molecular complexity index is 824. The minimum atomic E-state index is 0.741. The first kappa shape index (κ1) is 29.3. The molecule has 4 nitrogen and oxygen atoms in total. The van der Waals surface area contributed by atoms with Gasteiger partial charge in [0, 0.05) is 24.2 Å². The van der Waals surface area contributed by atoms with Crippen LogP contribution in [0, 0.1) is 35.5 Å². The first-order valence-corrected chi connectivity index (χ1v) is 19.6. The summed E-state index contributed by atoms with van der Waals surface area (Å²) < 4.78 is 0. The van der Waals surface area contributed by atoms with Crippen LogP contribution in [0.4, 0.5) is 0 Å². The van der Waals surface area contributed by atoms with E-state index in [2.05, 4.69) is 33.7 Å². The smallest absolute Gasteiger partial charge is 0.0625 e. The molecule has 2 aliphatic heterocycles. The van der Waals surface area contributed by atoms with Crippen LogP contribution in [0.15, 0.2) is 0 Å². The van der Waals surface area contributed by atoms with Gasteiger partial charge in [0.1, 0.15) is 0 Å². The zero-order valence-corrected chi connectivity index (χ0v) is 27.7. The van der Waals surface area contributed by atoms with Crippen molar-refractivity contribution < 1.29 is 0 Å². The van der Waals surface area contributed by atoms with Gasteiger partial charge in [-0.1, -0.05) is 38.5 Å². The fourth-order valence-corrected chi connectivity index (χ4v) is 13.8. The van der Waals surface area contributed by atoms with Crippen molar-refractivity contribution in [3.63, 3.8) is 0 Å². The van der Waals surface area contributed by atoms with E-state index in [9.17, 15) is 0 Å². The highest BCUT2D eigenvalue weighted by Crippen LogP contribution is 2.62. The second-order valence-corrected chi connectivity index (χ2v) is 17.1. The fourth-order valence-electron chi connectivity index (χ4n) is 13.8. The highest BCUT2D eigenvalue weighted by molar-refractivity contribution is 5.09. The highest BCUT2D eigenvalue weighted by Gasteiger charge is 2.58. The van der Waals surface area contributed by atoms with Crippen LogP contribution in [0.3, 0.4) is 0 Å². The maximum absolute atomic E-state index is 3.26. The van der Waals surface area contributed by atoms with Gasteiger partial charge >= 0.3 is 0 Å². The first-order valence-electron chi connectivity index (χ1n) is 19.6. The van der Waals surface area contributed by atoms with Gasteiger partial charge in [-0.2, -0.15) is 0 Å². The van der Waals surface area contributed by atoms with Crippen molar-refractivity contribution in [3.8, 4) is 0 Å². The monoisotopic (exact) mass is 579 g/mol. The average molecular weight is 579 g/mol. The Morgan fingerprint density at radius 3 is 1.19 bits per heavy atom. The summed E-state index contributed by atoms with van der Waals surface area (Å²) in [6.45, 7) is 2.66. The molecule has 8 fully saturated rings. The molecule has 0 amide bonds. The van der Waals surface area contributed by atoms with E-state index in [0.29, 0.717) is 0 Å². The van der Waals surface area contributed by atoms with E-state index in [1.54, 1.807) is 38.5 Å². The lowest BCUT2D eigenvalue weighted by atomic mass is 9.46. The van der Waals surface area contributed by atoms with Gasteiger partial charge in [-0.25, -0.2) is 0 Å². The molecule has 6 aliphatic carbocycles. The lowest BCUT2D eigenvalue weighted by molar-refractivity contribution is -0.157. The van der Waals surface area contributed by atoms with E-state index >= 15 is 0 Å². The molecule has 0 aromatic rings. The van der Waals surface area contributed by atoms with Crippen molar-refractivity contribution in [3.05, 3.63) is 0 Å². The van der Waals surface area contributed by atoms with Gasteiger partial charge in [0.15, 0.2) is 0 Å². The van der Waals surface area contributed by atoms with E-state index in [0.717, 1.165) is 72.0 Å². The van der Waals surface area contributed by atoms with E-state index in [1.165, 1.54) is 116 Å². The van der Waals surface area contributed by atoms with Gasteiger partial charge in [-0.05, 0) is 165 Å². The van der Waals surface area contributed by atoms with Crippen molar-refractivity contribution >= 4 is 0 Å². The zero-order chi connectivity index (χ0) is 28.2. The Morgan fingerprint density at radius 2 is 0.810 bits per heavy atom. The Morgan fingerprint density at radius 1 is 0.405 bits per heavy atom. The molecule has 0 radical (unpaired) electrons. The third kappa shape index (κ3) is 5.17. The van der Waals surface area contributed by atoms with Crippen LogP contribution in [0.1, 0.15) is 141 Å². The number of hydrogen-bond donors (Lipinski definition) is 0. The summed E-state index contributed by atoms with van der Waals surface area (Å²) in [5.74, 6) is 6.22. The van der Waals surface area contributed by atoms with E-state index in [4.69, 9.17) is 0 Å². The lowest BCUT2D eigenvalue weighted by Gasteiger charge is -2.64. The van der Waals surface area contributed by atoms with Gasteiger partial charge in [-0.15, -0.1) is 0 Å². The molecule has 6 saturated carbocycles. The van der Waals surface area contributed by atoms with Crippen LogP contribution in [-0.4, -0.2) is 83.3 Å². The molecular weight excluding hydrogens is 512 g/mol. The molecular formula is C38H66N4. The summed E-state index contributed by atoms with van der Waals surface area (Å²) in [6, 6.07) is 3.52. The molecule has 8 aliphatic rings. The van der Waals surface area contributed by atoms with Gasteiger partial charge in [-0.3, -0.25) is 19.6 Å². The van der Waals surface area contributed by atoms with Gasteiger partial charge in [0.2, 0.25) is 0 Å². The summed E-state index contributed by atoms with van der Waals surface area (Å²) in [7, 11) is 4.94. The quantitative estimate of drug-likeness (QED) is 0.317. The van der Waals surface area contributed by atoms with Crippen molar-refractivity contribution in [2.45, 2.75) is 178 Å². The molecule has 0 spiro atoms. The summed E-state index contributed by atoms with van der Waals surface area (Å²) >= 11 is 0. The highest BCUT2D eigenvalue weighted by atomic mass is 15.4. The standard InChI is InChI=1S/C38H66N4/c1-39-25-9-15-35(39)41(29-11-5-3-6-12-29)33-23-19-27-17-18-28-20-24-34(32-22-21-31(33)37(27)38(28)32)42(30-13-7-4-8-14-30)36-16-10-26-40(36)2/h27-38H,3-26H2,1-2H3. The van der Waals surface area contributed by atoms with Crippen molar-refractivity contribution in [1.82, 2.24) is 19.6 Å². The number of rotatable bonds is 6. The van der Waals surface area contributed by atoms with Gasteiger partial charge in [0.25, 0.3) is 0 Å². The molecule has 0 aromatic carbocycles. The van der Waals surface area contributed by atoms with Crippen LogP contribution in [0.5, 0.6) is 0 Å². The third-order valence-corrected chi connectivity index (χ3v) is 15.3. The van der Waals surface area contributed by atoms with E-state index in [-0.39, 0.29) is 0 Å². The first-order chi connectivity index (χ1) is 20.7. The second kappa shape index (κ2) is 12.6. The summed E-state index contributed by atoms with van der Waals surface area (Å²) in [5, 5.41) is 0. The van der Waals surface area contributed by atoms with Crippen molar-refractivity contribution in [2.75, 3.05) is 27.2 Å². The predicted octanol–water partition coefficient (Wildman–Crippen LogP) is 7.97. The molecule has 2 saturated heterocycles. The Balaban J connectivity index is 1.10. The third-order valence-electron chi connectivity index (χ3n) is 15.3. The van der Waals surface area contributed by atoms with Crippen molar-refractivity contribution in [1.29, 1.82) is 0 Å². The molecule has 2 heterocycles. The maximum atomic E-state index is 3.26. The minimum absolute atomic E-state index is 0.741. The van der Waals surface area contributed by atoms with Crippen LogP contribution in [0.2, 0.25) is 0 Å². The fraction of sp³-hybridized carbons (Fsp3) is 1.00. The molecule has 4 heteroatoms. The molecule has 238 valence electrons. The van der Waals surface area contributed by atoms with Crippen LogP contribution in [-0.2, 0) is 0 Å². The number of nitrogens with zero attached hydrogens (tertiary/aromatic N) is 4. The molecule has 0 N–H and O–H groups in total. The second-order valence-electron chi connectivity index (χ2n) is 17.1. The number of hydrogen-bond acceptors (Lipinski definition) is 4. The topological polar surface area (TPSA) is 13.0 Å². The molecule has 8 rings (SSSR count). The summed E-state index contributed by atoms with van der Waals surface area (Å²) in [5.41, 5.74) is 0. The SMILES string of the molecule is CN1CCCC1N(C1CCCCC1)C1CCC2CCC3CCC(N(C4CCCCC4)C4CCCN4C)C4CCC1C2C34. The molecule has 10 unspecified atom stereocenters. The summed E-state index contributed by atoms with van der Waals surface area (Å²) in [4.78, 5) is 12.1. The van der Waals surface area contributed by atoms with Gasteiger partial charge < -0.3 is 0 Å². The Kier molecular flexibility index (Phi) is 8.75. The largest absolute Gasteiger partial charge is 0.291 e. The van der Waals surface area contributed by atoms with E-state index < -0.39 is 0 Å². The van der Waals surface area contributed by atoms with E-state index in [1.807, 2.05) is 0 Å². The van der Waals surface area contributed by atoms with Crippen molar-refractivity contribution in [2.24, 2.45) is 35.5 Å². The minimum Gasteiger partial charge on any atom is -0.291 e.